The summed E-state index contributed by atoms with van der Waals surface area (Å²) >= 11 is 0. The van der Waals surface area contributed by atoms with Gasteiger partial charge in [-0.1, -0.05) is 30.3 Å². The molecule has 1 aliphatic rings. The molecule has 0 amide bonds. The number of benzene rings is 2. The Bertz CT molecular complexity index is 1210. The zero-order valence-corrected chi connectivity index (χ0v) is 15.5. The summed E-state index contributed by atoms with van der Waals surface area (Å²) in [6.07, 6.45) is 0. The Morgan fingerprint density at radius 2 is 1.79 bits per heavy atom. The molecule has 3 heterocycles. The van der Waals surface area contributed by atoms with Crippen LogP contribution in [0.15, 0.2) is 54.6 Å². The topological polar surface area (TPSA) is 66.2 Å². The van der Waals surface area contributed by atoms with Crippen molar-refractivity contribution in [2.45, 2.75) is 13.5 Å². The molecule has 0 unspecified atom stereocenters. The van der Waals surface area contributed by atoms with Gasteiger partial charge in [0.1, 0.15) is 12.4 Å². The molecule has 0 N–H and O–H groups in total. The first-order chi connectivity index (χ1) is 13.7. The van der Waals surface area contributed by atoms with Gasteiger partial charge in [0.2, 0.25) is 0 Å². The van der Waals surface area contributed by atoms with Crippen LogP contribution in [0.25, 0.3) is 27.8 Å². The molecule has 2 aromatic heterocycles. The number of esters is 1. The lowest BCUT2D eigenvalue weighted by Crippen LogP contribution is -2.02. The van der Waals surface area contributed by atoms with Gasteiger partial charge in [0.15, 0.2) is 5.65 Å². The molecule has 0 saturated carbocycles. The van der Waals surface area contributed by atoms with Crippen molar-refractivity contribution in [3.8, 4) is 22.6 Å². The fraction of sp³-hybridized carbons (Fsp3) is 0.136. The van der Waals surface area contributed by atoms with Gasteiger partial charge >= 0.3 is 5.97 Å². The van der Waals surface area contributed by atoms with Gasteiger partial charge in [0, 0.05) is 5.56 Å². The highest BCUT2D eigenvalue weighted by Crippen LogP contribution is 2.39. The van der Waals surface area contributed by atoms with E-state index in [-0.39, 0.29) is 12.6 Å². The smallest absolute Gasteiger partial charge is 0.341 e. The number of hydrogen-bond acceptors (Lipinski definition) is 5. The molecular formula is C22H17N3O3. The Hall–Kier alpha value is -3.67. The lowest BCUT2D eigenvalue weighted by molar-refractivity contribution is 0.0534. The Labute approximate surface area is 161 Å². The third-order valence-electron chi connectivity index (χ3n) is 4.99. The minimum Gasteiger partial charge on any atom is -0.497 e. The molecule has 0 saturated heterocycles. The molecule has 2 aromatic carbocycles. The molecule has 6 nitrogen and oxygen atoms in total. The summed E-state index contributed by atoms with van der Waals surface area (Å²) in [7, 11) is 1.63. The first-order valence-corrected chi connectivity index (χ1v) is 8.96. The number of fused-ring (bicyclic) bond motifs is 2. The van der Waals surface area contributed by atoms with Gasteiger partial charge in [-0.3, -0.25) is 0 Å². The molecule has 4 aromatic rings. The Balaban J connectivity index is 1.86. The van der Waals surface area contributed by atoms with Gasteiger partial charge in [-0.05, 0) is 36.8 Å². The molecule has 138 valence electrons. The number of ether oxygens (including phenoxy) is 2. The van der Waals surface area contributed by atoms with E-state index in [9.17, 15) is 4.79 Å². The van der Waals surface area contributed by atoms with Crippen molar-refractivity contribution in [2.24, 2.45) is 0 Å². The van der Waals surface area contributed by atoms with Crippen LogP contribution in [0.5, 0.6) is 5.75 Å². The van der Waals surface area contributed by atoms with Gasteiger partial charge in [-0.2, -0.15) is 5.10 Å². The molecule has 28 heavy (non-hydrogen) atoms. The Morgan fingerprint density at radius 1 is 1.04 bits per heavy atom. The number of aromatic nitrogens is 3. The molecule has 0 bridgehead atoms. The number of carbonyl (C=O) groups is 1. The van der Waals surface area contributed by atoms with E-state index < -0.39 is 0 Å². The van der Waals surface area contributed by atoms with Crippen molar-refractivity contribution in [3.05, 3.63) is 71.5 Å². The van der Waals surface area contributed by atoms with E-state index in [1.807, 2.05) is 66.2 Å². The van der Waals surface area contributed by atoms with E-state index in [4.69, 9.17) is 19.6 Å². The van der Waals surface area contributed by atoms with Crippen molar-refractivity contribution in [1.29, 1.82) is 0 Å². The van der Waals surface area contributed by atoms with Crippen molar-refractivity contribution in [3.63, 3.8) is 0 Å². The van der Waals surface area contributed by atoms with Crippen LogP contribution in [0.2, 0.25) is 0 Å². The monoisotopic (exact) mass is 371 g/mol. The van der Waals surface area contributed by atoms with Crippen LogP contribution in [-0.4, -0.2) is 27.8 Å². The third kappa shape index (κ3) is 2.38. The zero-order valence-electron chi connectivity index (χ0n) is 15.5. The fourth-order valence-electron chi connectivity index (χ4n) is 3.69. The van der Waals surface area contributed by atoms with E-state index in [0.717, 1.165) is 33.6 Å². The van der Waals surface area contributed by atoms with Crippen LogP contribution < -0.4 is 4.74 Å². The summed E-state index contributed by atoms with van der Waals surface area (Å²) in [4.78, 5) is 17.3. The number of hydrogen-bond donors (Lipinski definition) is 0. The second-order valence-electron chi connectivity index (χ2n) is 6.64. The number of nitrogens with zero attached hydrogens (tertiary/aromatic N) is 3. The van der Waals surface area contributed by atoms with E-state index in [1.165, 1.54) is 0 Å². The standard InChI is InChI=1S/C22H17N3O3/c1-13-18-19(14-8-10-16(27-2)11-9-14)20-17(12-28-22(20)26)23-21(18)25(24-13)15-6-4-3-5-7-15/h3-11H,12H2,1-2H3. The van der Waals surface area contributed by atoms with Crippen LogP contribution in [0, 0.1) is 6.92 Å². The Morgan fingerprint density at radius 3 is 2.50 bits per heavy atom. The average molecular weight is 371 g/mol. The lowest BCUT2D eigenvalue weighted by Gasteiger charge is -2.10. The predicted octanol–water partition coefficient (Wildman–Crippen LogP) is 4.07. The van der Waals surface area contributed by atoms with Gasteiger partial charge in [0.25, 0.3) is 0 Å². The van der Waals surface area contributed by atoms with Crippen LogP contribution in [-0.2, 0) is 11.3 Å². The van der Waals surface area contributed by atoms with E-state index in [0.29, 0.717) is 16.9 Å². The van der Waals surface area contributed by atoms with Crippen molar-refractivity contribution < 1.29 is 14.3 Å². The summed E-state index contributed by atoms with van der Waals surface area (Å²) in [5.41, 5.74) is 5.31. The number of carbonyl (C=O) groups excluding carboxylic acids is 1. The lowest BCUT2D eigenvalue weighted by atomic mass is 9.95. The molecule has 1 aliphatic heterocycles. The highest BCUT2D eigenvalue weighted by molar-refractivity contribution is 6.09. The number of rotatable bonds is 3. The van der Waals surface area contributed by atoms with E-state index >= 15 is 0 Å². The number of cyclic esters (lactones) is 1. The average Bonchev–Trinajstić information content (AvgIpc) is 3.27. The van der Waals surface area contributed by atoms with Crippen molar-refractivity contribution >= 4 is 17.0 Å². The van der Waals surface area contributed by atoms with Crippen molar-refractivity contribution in [2.75, 3.05) is 7.11 Å². The number of pyridine rings is 1. The molecule has 6 heteroatoms. The van der Waals surface area contributed by atoms with Gasteiger partial charge < -0.3 is 9.47 Å². The molecule has 0 spiro atoms. The maximum Gasteiger partial charge on any atom is 0.341 e. The normalized spacial score (nSPS) is 12.9. The zero-order chi connectivity index (χ0) is 19.3. The number of aryl methyl sites for hydroxylation is 1. The van der Waals surface area contributed by atoms with Gasteiger partial charge in [-0.25, -0.2) is 14.5 Å². The SMILES string of the molecule is COc1ccc(-c2c3c(nc4c2c(C)nn4-c2ccccc2)COC3=O)cc1. The minimum absolute atomic E-state index is 0.173. The summed E-state index contributed by atoms with van der Waals surface area (Å²) in [5, 5.41) is 5.58. The quantitative estimate of drug-likeness (QED) is 0.508. The van der Waals surface area contributed by atoms with Crippen LogP contribution in [0.1, 0.15) is 21.7 Å². The highest BCUT2D eigenvalue weighted by atomic mass is 16.5. The molecule has 0 aliphatic carbocycles. The van der Waals surface area contributed by atoms with Crippen molar-refractivity contribution in [1.82, 2.24) is 14.8 Å². The summed E-state index contributed by atoms with van der Waals surface area (Å²) < 4.78 is 12.4. The molecule has 0 atom stereocenters. The molecular weight excluding hydrogens is 354 g/mol. The second kappa shape index (κ2) is 6.20. The fourth-order valence-corrected chi connectivity index (χ4v) is 3.69. The number of para-hydroxylation sites is 1. The first-order valence-electron chi connectivity index (χ1n) is 8.96. The van der Waals surface area contributed by atoms with Crippen LogP contribution >= 0.6 is 0 Å². The maximum absolute atomic E-state index is 12.5. The van der Waals surface area contributed by atoms with Crippen LogP contribution in [0.3, 0.4) is 0 Å². The molecule has 0 fully saturated rings. The summed E-state index contributed by atoms with van der Waals surface area (Å²) in [6, 6.07) is 17.5. The largest absolute Gasteiger partial charge is 0.497 e. The van der Waals surface area contributed by atoms with E-state index in [2.05, 4.69) is 0 Å². The second-order valence-corrected chi connectivity index (χ2v) is 6.64. The predicted molar refractivity (Wildman–Crippen MR) is 105 cm³/mol. The highest BCUT2D eigenvalue weighted by Gasteiger charge is 2.31. The Kier molecular flexibility index (Phi) is 3.65. The van der Waals surface area contributed by atoms with E-state index in [1.54, 1.807) is 7.11 Å². The van der Waals surface area contributed by atoms with Crippen LogP contribution in [0.4, 0.5) is 0 Å². The number of methoxy groups -OCH3 is 1. The van der Waals surface area contributed by atoms with Gasteiger partial charge in [0.05, 0.1) is 35.1 Å². The minimum atomic E-state index is -0.345. The third-order valence-corrected chi connectivity index (χ3v) is 4.99. The molecule has 5 rings (SSSR count). The van der Waals surface area contributed by atoms with Gasteiger partial charge in [-0.15, -0.1) is 0 Å². The first kappa shape index (κ1) is 16.5. The summed E-state index contributed by atoms with van der Waals surface area (Å²) in [5.74, 6) is 0.409. The molecule has 0 radical (unpaired) electrons. The maximum atomic E-state index is 12.5. The summed E-state index contributed by atoms with van der Waals surface area (Å²) in [6.45, 7) is 2.11.